The van der Waals surface area contributed by atoms with Crippen LogP contribution < -0.4 is 5.32 Å². The summed E-state index contributed by atoms with van der Waals surface area (Å²) in [5, 5.41) is 2.98. The Hall–Kier alpha value is -1.55. The third kappa shape index (κ3) is 4.71. The molecule has 3 heterocycles. The van der Waals surface area contributed by atoms with Crippen LogP contribution in [0.2, 0.25) is 0 Å². The lowest BCUT2D eigenvalue weighted by atomic mass is 9.94. The van der Waals surface area contributed by atoms with Gasteiger partial charge in [0.2, 0.25) is 5.91 Å². The van der Waals surface area contributed by atoms with Crippen molar-refractivity contribution in [1.29, 1.82) is 0 Å². The van der Waals surface area contributed by atoms with Gasteiger partial charge in [0.25, 0.3) is 0 Å². The predicted molar refractivity (Wildman–Crippen MR) is 114 cm³/mol. The van der Waals surface area contributed by atoms with Crippen LogP contribution in [0.5, 0.6) is 0 Å². The maximum Gasteiger partial charge on any atom is 0.217 e. The molecule has 1 aliphatic carbocycles. The quantitative estimate of drug-likeness (QED) is 0.670. The fourth-order valence-corrected chi connectivity index (χ4v) is 5.18. The lowest BCUT2D eigenvalue weighted by Crippen LogP contribution is -2.68. The zero-order valence-corrected chi connectivity index (χ0v) is 18.7. The minimum Gasteiger partial charge on any atom is -0.376 e. The third-order valence-corrected chi connectivity index (χ3v) is 6.81. The summed E-state index contributed by atoms with van der Waals surface area (Å²) in [4.78, 5) is 12.0. The van der Waals surface area contributed by atoms with Gasteiger partial charge in [-0.15, -0.1) is 0 Å². The van der Waals surface area contributed by atoms with Gasteiger partial charge >= 0.3 is 0 Å². The third-order valence-electron chi connectivity index (χ3n) is 6.81. The molecule has 1 aromatic carbocycles. The van der Waals surface area contributed by atoms with Gasteiger partial charge in [0.05, 0.1) is 12.7 Å². The Balaban J connectivity index is 1.28. The number of hydrogen-bond donors (Lipinski definition) is 1. The van der Waals surface area contributed by atoms with Crippen LogP contribution in [0.1, 0.15) is 50.7 Å². The van der Waals surface area contributed by atoms with Crippen molar-refractivity contribution >= 4 is 5.91 Å². The Morgan fingerprint density at radius 3 is 2.53 bits per heavy atom. The Labute approximate surface area is 188 Å². The minimum atomic E-state index is -0.605. The van der Waals surface area contributed by atoms with Gasteiger partial charge in [-0.2, -0.15) is 0 Å². The highest BCUT2D eigenvalue weighted by molar-refractivity contribution is 5.73. The topological polar surface area (TPSA) is 87.8 Å². The van der Waals surface area contributed by atoms with E-state index in [4.69, 9.17) is 28.4 Å². The number of methoxy groups -OCH3 is 1. The van der Waals surface area contributed by atoms with Crippen molar-refractivity contribution in [2.45, 2.75) is 94.3 Å². The predicted octanol–water partition coefficient (Wildman–Crippen LogP) is 2.46. The summed E-state index contributed by atoms with van der Waals surface area (Å²) < 4.78 is 36.7. The van der Waals surface area contributed by atoms with Crippen molar-refractivity contribution in [2.75, 3.05) is 13.7 Å². The van der Waals surface area contributed by atoms with Gasteiger partial charge in [0.15, 0.2) is 12.6 Å². The highest BCUT2D eigenvalue weighted by atomic mass is 16.8. The first kappa shape index (κ1) is 22.3. The molecule has 4 fully saturated rings. The largest absolute Gasteiger partial charge is 0.376 e. The molecule has 1 N–H and O–H groups in total. The Bertz CT molecular complexity index is 771. The van der Waals surface area contributed by atoms with Gasteiger partial charge in [-0.1, -0.05) is 49.6 Å². The molecule has 32 heavy (non-hydrogen) atoms. The van der Waals surface area contributed by atoms with E-state index in [0.717, 1.165) is 31.2 Å². The molecule has 1 amide bonds. The summed E-state index contributed by atoms with van der Waals surface area (Å²) in [6.45, 7) is 1.85. The standard InChI is InChI=1S/C24H33NO7/c1-14(26)25-18-21(27-2)20-17(30-23(18)29-16-11-7-4-8-12-16)13-28-24(32-20)22-19(31-22)15-9-5-3-6-10-15/h3,5-6,9-10,16-24H,4,7-8,11-13H2,1-2H3,(H,25,26)/t17-,18-,19-,20-,21-,22+,23-,24-/m1/s1. The Morgan fingerprint density at radius 2 is 1.81 bits per heavy atom. The Kier molecular flexibility index (Phi) is 6.78. The molecule has 4 aliphatic rings. The van der Waals surface area contributed by atoms with E-state index in [9.17, 15) is 4.79 Å². The smallest absolute Gasteiger partial charge is 0.217 e. The molecule has 1 saturated carbocycles. The van der Waals surface area contributed by atoms with Gasteiger partial charge in [-0.25, -0.2) is 0 Å². The molecule has 0 bridgehead atoms. The van der Waals surface area contributed by atoms with Crippen LogP contribution in [0.25, 0.3) is 0 Å². The number of carbonyl (C=O) groups excluding carboxylic acids is 1. The SMILES string of the molecule is CO[C@@H]1[C@@H](NC(C)=O)[C@H](OC2CCCCC2)O[C@@H]2CO[C@@H]([C@H]3O[C@@H]3c3ccccc3)O[C@@H]12. The van der Waals surface area contributed by atoms with Crippen molar-refractivity contribution in [1.82, 2.24) is 5.32 Å². The summed E-state index contributed by atoms with van der Waals surface area (Å²) in [7, 11) is 1.63. The second-order valence-electron chi connectivity index (χ2n) is 9.10. The molecule has 8 atom stereocenters. The molecular formula is C24H33NO7. The van der Waals surface area contributed by atoms with Gasteiger partial charge in [-0.3, -0.25) is 4.79 Å². The first-order valence-electron chi connectivity index (χ1n) is 11.7. The van der Waals surface area contributed by atoms with Crippen LogP contribution in [-0.4, -0.2) is 68.8 Å². The van der Waals surface area contributed by atoms with E-state index in [0.29, 0.717) is 6.61 Å². The second-order valence-corrected chi connectivity index (χ2v) is 9.10. The number of rotatable bonds is 6. The van der Waals surface area contributed by atoms with E-state index in [2.05, 4.69) is 5.32 Å². The van der Waals surface area contributed by atoms with Gasteiger partial charge in [0, 0.05) is 14.0 Å². The average molecular weight is 448 g/mol. The fourth-order valence-electron chi connectivity index (χ4n) is 5.18. The van der Waals surface area contributed by atoms with Crippen LogP contribution in [0.4, 0.5) is 0 Å². The number of nitrogens with one attached hydrogen (secondary N) is 1. The molecule has 1 aromatic rings. The highest BCUT2D eigenvalue weighted by Crippen LogP contribution is 2.44. The maximum absolute atomic E-state index is 12.0. The van der Waals surface area contributed by atoms with Crippen LogP contribution in [0, 0.1) is 0 Å². The summed E-state index contributed by atoms with van der Waals surface area (Å²) in [6.07, 6.45) is 3.18. The summed E-state index contributed by atoms with van der Waals surface area (Å²) >= 11 is 0. The van der Waals surface area contributed by atoms with E-state index < -0.39 is 30.8 Å². The monoisotopic (exact) mass is 447 g/mol. The second kappa shape index (κ2) is 9.75. The highest BCUT2D eigenvalue weighted by Gasteiger charge is 2.56. The number of hydrogen-bond acceptors (Lipinski definition) is 7. The molecule has 8 nitrogen and oxygen atoms in total. The number of carbonyl (C=O) groups is 1. The zero-order valence-electron chi connectivity index (χ0n) is 18.7. The lowest BCUT2D eigenvalue weighted by molar-refractivity contribution is -0.351. The van der Waals surface area contributed by atoms with E-state index in [1.165, 1.54) is 13.3 Å². The molecule has 0 unspecified atom stereocenters. The van der Waals surface area contributed by atoms with Gasteiger partial charge in [-0.05, 0) is 18.4 Å². The normalized spacial score (nSPS) is 39.8. The summed E-state index contributed by atoms with van der Waals surface area (Å²) in [5.74, 6) is -0.158. The molecule has 176 valence electrons. The summed E-state index contributed by atoms with van der Waals surface area (Å²) in [6, 6.07) is 9.58. The van der Waals surface area contributed by atoms with Crippen LogP contribution in [-0.2, 0) is 33.2 Å². The van der Waals surface area contributed by atoms with E-state index in [1.807, 2.05) is 30.3 Å². The number of amides is 1. The van der Waals surface area contributed by atoms with Crippen molar-refractivity contribution in [3.05, 3.63) is 35.9 Å². The van der Waals surface area contributed by atoms with Crippen molar-refractivity contribution in [2.24, 2.45) is 0 Å². The van der Waals surface area contributed by atoms with Crippen LogP contribution >= 0.6 is 0 Å². The van der Waals surface area contributed by atoms with Crippen LogP contribution in [0.3, 0.4) is 0 Å². The molecule has 0 radical (unpaired) electrons. The zero-order chi connectivity index (χ0) is 22.1. The van der Waals surface area contributed by atoms with E-state index >= 15 is 0 Å². The summed E-state index contributed by atoms with van der Waals surface area (Å²) in [5.41, 5.74) is 1.10. The molecule has 0 spiro atoms. The number of ether oxygens (including phenoxy) is 6. The Morgan fingerprint density at radius 1 is 1.03 bits per heavy atom. The lowest BCUT2D eigenvalue weighted by Gasteiger charge is -2.49. The number of benzene rings is 1. The van der Waals surface area contributed by atoms with E-state index in [-0.39, 0.29) is 30.3 Å². The first-order valence-corrected chi connectivity index (χ1v) is 11.7. The molecule has 8 heteroatoms. The van der Waals surface area contributed by atoms with Crippen molar-refractivity contribution in [3.63, 3.8) is 0 Å². The molecule has 5 rings (SSSR count). The average Bonchev–Trinajstić information content (AvgIpc) is 3.61. The number of fused-ring (bicyclic) bond motifs is 1. The van der Waals surface area contributed by atoms with Crippen molar-refractivity contribution in [3.8, 4) is 0 Å². The van der Waals surface area contributed by atoms with Gasteiger partial charge < -0.3 is 33.7 Å². The fraction of sp³-hybridized carbons (Fsp3) is 0.708. The molecule has 0 aromatic heterocycles. The van der Waals surface area contributed by atoms with Crippen LogP contribution in [0.15, 0.2) is 30.3 Å². The maximum atomic E-state index is 12.0. The van der Waals surface area contributed by atoms with Crippen molar-refractivity contribution < 1.29 is 33.2 Å². The number of epoxide rings is 1. The molecule has 3 saturated heterocycles. The molecule has 3 aliphatic heterocycles. The first-order chi connectivity index (χ1) is 15.6. The van der Waals surface area contributed by atoms with E-state index in [1.54, 1.807) is 7.11 Å². The molecular weight excluding hydrogens is 414 g/mol. The minimum absolute atomic E-state index is 0.0446. The van der Waals surface area contributed by atoms with Gasteiger partial charge in [0.1, 0.15) is 36.6 Å².